The lowest BCUT2D eigenvalue weighted by atomic mass is 10.0. The minimum Gasteiger partial charge on any atom is -0.384 e. The summed E-state index contributed by atoms with van der Waals surface area (Å²) in [6, 6.07) is 14.5. The molecule has 0 atom stereocenters. The number of likely N-dealkylation sites (N-methyl/N-ethyl adjacent to an activating group) is 1. The van der Waals surface area contributed by atoms with Crippen LogP contribution in [0.1, 0.15) is 12.0 Å². The van der Waals surface area contributed by atoms with Crippen LogP contribution in [0.25, 0.3) is 55.8 Å². The normalized spacial score (nSPS) is 15.1. The Kier molecular flexibility index (Phi) is 7.46. The van der Waals surface area contributed by atoms with Crippen LogP contribution in [0.5, 0.6) is 0 Å². The summed E-state index contributed by atoms with van der Waals surface area (Å²) in [5, 5.41) is 11.7. The lowest BCUT2D eigenvalue weighted by Gasteiger charge is -2.15. The van der Waals surface area contributed by atoms with Gasteiger partial charge >= 0.3 is 0 Å². The van der Waals surface area contributed by atoms with Crippen LogP contribution in [0, 0.1) is 5.82 Å². The molecule has 45 heavy (non-hydrogen) atoms. The largest absolute Gasteiger partial charge is 0.384 e. The van der Waals surface area contributed by atoms with Crippen molar-refractivity contribution in [1.29, 1.82) is 0 Å². The van der Waals surface area contributed by atoms with E-state index >= 15 is 0 Å². The number of fused-ring (bicyclic) bond motifs is 2. The topological polar surface area (TPSA) is 102 Å². The molecule has 230 valence electrons. The van der Waals surface area contributed by atoms with Crippen molar-refractivity contribution in [1.82, 2.24) is 39.9 Å². The summed E-state index contributed by atoms with van der Waals surface area (Å²) in [5.74, 6) is -2.97. The van der Waals surface area contributed by atoms with Crippen LogP contribution in [0.4, 0.5) is 18.9 Å². The average Bonchev–Trinajstić information content (AvgIpc) is 3.72. The van der Waals surface area contributed by atoms with E-state index in [-0.39, 0.29) is 18.8 Å². The molecule has 3 N–H and O–H groups in total. The second-order valence-electron chi connectivity index (χ2n) is 11.8. The highest BCUT2D eigenvalue weighted by molar-refractivity contribution is 5.99. The highest BCUT2D eigenvalue weighted by atomic mass is 19.3. The molecule has 0 saturated carbocycles. The fourth-order valence-corrected chi connectivity index (χ4v) is 5.84. The molecule has 1 aliphatic rings. The van der Waals surface area contributed by atoms with E-state index in [2.05, 4.69) is 35.4 Å². The Labute approximate surface area is 257 Å². The van der Waals surface area contributed by atoms with Crippen molar-refractivity contribution in [2.75, 3.05) is 45.6 Å². The zero-order valence-corrected chi connectivity index (χ0v) is 24.9. The predicted molar refractivity (Wildman–Crippen MR) is 169 cm³/mol. The second-order valence-corrected chi connectivity index (χ2v) is 11.8. The molecule has 1 fully saturated rings. The number of hydrogen-bond donors (Lipinski definition) is 3. The van der Waals surface area contributed by atoms with E-state index < -0.39 is 5.92 Å². The second kappa shape index (κ2) is 11.6. The monoisotopic (exact) mass is 611 g/mol. The molecule has 9 nitrogen and oxygen atoms in total. The van der Waals surface area contributed by atoms with Gasteiger partial charge in [-0.25, -0.2) is 23.1 Å². The van der Waals surface area contributed by atoms with Crippen molar-refractivity contribution in [3.63, 3.8) is 0 Å². The molecule has 6 heterocycles. The Morgan fingerprint density at radius 1 is 1.04 bits per heavy atom. The van der Waals surface area contributed by atoms with Crippen LogP contribution in [0.3, 0.4) is 0 Å². The summed E-state index contributed by atoms with van der Waals surface area (Å²) >= 11 is 0. The van der Waals surface area contributed by atoms with Crippen molar-refractivity contribution in [3.8, 4) is 33.8 Å². The standard InChI is InChI=1S/C33H32F3N9/c1-44(2)10-8-38-24-13-21(12-23(34)14-24)25-5-7-39-32-26(25)15-29(41-32)31-30-28(42-43-31)4-3-27(40-30)22-11-20(16-37-17-22)18-45-9-6-33(35,36)19-45/h3-5,7,11-17,38H,6,8-10,18-19H2,1-2H3,(H,39,41)(H,42,43). The zero-order valence-electron chi connectivity index (χ0n) is 24.9. The molecule has 12 heteroatoms. The number of likely N-dealkylation sites (tertiary alicyclic amines) is 1. The van der Waals surface area contributed by atoms with Gasteiger partial charge in [0.1, 0.15) is 22.7 Å². The fraction of sp³-hybridized carbons (Fsp3) is 0.273. The van der Waals surface area contributed by atoms with Crippen LogP contribution in [0.15, 0.2) is 67.1 Å². The first-order chi connectivity index (χ1) is 21.7. The number of nitrogens with zero attached hydrogens (tertiary/aromatic N) is 6. The maximum Gasteiger partial charge on any atom is 0.261 e. The summed E-state index contributed by atoms with van der Waals surface area (Å²) in [4.78, 5) is 21.0. The van der Waals surface area contributed by atoms with Crippen LogP contribution in [0.2, 0.25) is 0 Å². The first-order valence-electron chi connectivity index (χ1n) is 14.8. The minimum atomic E-state index is -2.64. The Morgan fingerprint density at radius 2 is 1.93 bits per heavy atom. The van der Waals surface area contributed by atoms with Gasteiger partial charge in [-0.1, -0.05) is 0 Å². The first-order valence-corrected chi connectivity index (χ1v) is 14.8. The maximum absolute atomic E-state index is 14.7. The zero-order chi connectivity index (χ0) is 31.1. The Morgan fingerprint density at radius 3 is 2.76 bits per heavy atom. The maximum atomic E-state index is 14.7. The van der Waals surface area contributed by atoms with E-state index in [1.165, 1.54) is 12.1 Å². The number of nitrogens with one attached hydrogen (secondary N) is 3. The molecule has 0 unspecified atom stereocenters. The summed E-state index contributed by atoms with van der Waals surface area (Å²) in [6.45, 7) is 2.03. The Hall–Kier alpha value is -4.81. The van der Waals surface area contributed by atoms with Crippen molar-refractivity contribution >= 4 is 27.8 Å². The molecule has 0 radical (unpaired) electrons. The number of hydrogen-bond acceptors (Lipinski definition) is 7. The number of alkyl halides is 2. The van der Waals surface area contributed by atoms with Crippen molar-refractivity contribution in [2.45, 2.75) is 18.9 Å². The van der Waals surface area contributed by atoms with E-state index in [0.29, 0.717) is 53.6 Å². The quantitative estimate of drug-likeness (QED) is 0.179. The van der Waals surface area contributed by atoms with Crippen molar-refractivity contribution < 1.29 is 13.2 Å². The molecule has 1 saturated heterocycles. The third kappa shape index (κ3) is 6.11. The Balaban J connectivity index is 1.20. The highest BCUT2D eigenvalue weighted by Gasteiger charge is 2.37. The van der Waals surface area contributed by atoms with Gasteiger partial charge in [-0.3, -0.25) is 15.0 Å². The molecule has 5 aromatic heterocycles. The van der Waals surface area contributed by atoms with E-state index in [1.54, 1.807) is 23.5 Å². The number of aromatic nitrogens is 6. The smallest absolute Gasteiger partial charge is 0.261 e. The number of benzene rings is 1. The van der Waals surface area contributed by atoms with Crippen LogP contribution in [-0.4, -0.2) is 86.1 Å². The molecule has 6 aromatic rings. The van der Waals surface area contributed by atoms with Gasteiger partial charge in [0.15, 0.2) is 0 Å². The van der Waals surface area contributed by atoms with E-state index in [9.17, 15) is 13.2 Å². The third-order valence-electron chi connectivity index (χ3n) is 8.04. The molecule has 0 aliphatic carbocycles. The van der Waals surface area contributed by atoms with Gasteiger partial charge < -0.3 is 15.2 Å². The van der Waals surface area contributed by atoms with Crippen LogP contribution >= 0.6 is 0 Å². The molecular formula is C33H32F3N9. The molecule has 0 spiro atoms. The molecule has 1 aromatic carbocycles. The summed E-state index contributed by atoms with van der Waals surface area (Å²) in [6.07, 6.45) is 5.00. The summed E-state index contributed by atoms with van der Waals surface area (Å²) in [5.41, 5.74) is 7.98. The van der Waals surface area contributed by atoms with Crippen LogP contribution in [-0.2, 0) is 6.54 Å². The molecule has 7 rings (SSSR count). The first kappa shape index (κ1) is 28.9. The molecule has 0 amide bonds. The lowest BCUT2D eigenvalue weighted by Crippen LogP contribution is -2.24. The van der Waals surface area contributed by atoms with Crippen molar-refractivity contribution in [2.24, 2.45) is 0 Å². The Bertz CT molecular complexity index is 2000. The number of H-pyrrole nitrogens is 2. The number of pyridine rings is 3. The van der Waals surface area contributed by atoms with Gasteiger partial charge in [0.05, 0.1) is 23.4 Å². The number of rotatable bonds is 9. The third-order valence-corrected chi connectivity index (χ3v) is 8.04. The van der Waals surface area contributed by atoms with Gasteiger partial charge in [-0.05, 0) is 79.3 Å². The fourth-order valence-electron chi connectivity index (χ4n) is 5.84. The van der Waals surface area contributed by atoms with Gasteiger partial charge in [0.2, 0.25) is 0 Å². The molecule has 0 bridgehead atoms. The van der Waals surface area contributed by atoms with E-state index in [0.717, 1.165) is 39.7 Å². The summed E-state index contributed by atoms with van der Waals surface area (Å²) in [7, 11) is 3.99. The van der Waals surface area contributed by atoms with Crippen LogP contribution < -0.4 is 5.32 Å². The summed E-state index contributed by atoms with van der Waals surface area (Å²) < 4.78 is 42.1. The number of aromatic amines is 2. The van der Waals surface area contributed by atoms with Crippen molar-refractivity contribution in [3.05, 3.63) is 78.5 Å². The lowest BCUT2D eigenvalue weighted by molar-refractivity contribution is 0.0115. The van der Waals surface area contributed by atoms with Gasteiger partial charge in [-0.2, -0.15) is 5.10 Å². The number of halogens is 3. The SMILES string of the molecule is CN(C)CCNc1cc(F)cc(-c2ccnc3[nH]c(-c4n[nH]c5ccc(-c6cncc(CN7CCC(F)(F)C7)c6)nc45)cc23)c1. The van der Waals surface area contributed by atoms with Gasteiger partial charge in [-0.15, -0.1) is 0 Å². The average molecular weight is 612 g/mol. The van der Waals surface area contributed by atoms with Gasteiger partial charge in [0.25, 0.3) is 5.92 Å². The predicted octanol–water partition coefficient (Wildman–Crippen LogP) is 6.18. The van der Waals surface area contributed by atoms with E-state index in [4.69, 9.17) is 4.98 Å². The molecular weight excluding hydrogens is 579 g/mol. The van der Waals surface area contributed by atoms with E-state index in [1.807, 2.05) is 50.5 Å². The minimum absolute atomic E-state index is 0.121. The number of anilines is 1. The molecule has 1 aliphatic heterocycles. The highest BCUT2D eigenvalue weighted by Crippen LogP contribution is 2.35. The van der Waals surface area contributed by atoms with Gasteiger partial charge in [0, 0.05) is 67.8 Å².